The van der Waals surface area contributed by atoms with Crippen molar-refractivity contribution in [2.24, 2.45) is 0 Å². The highest BCUT2D eigenvalue weighted by Gasteiger charge is 2.05. The number of nitrogens with one attached hydrogen (secondary N) is 1. The van der Waals surface area contributed by atoms with Crippen molar-refractivity contribution < 1.29 is 0 Å². The molecule has 0 radical (unpaired) electrons. The van der Waals surface area contributed by atoms with Crippen LogP contribution >= 0.6 is 23.6 Å². The SMILES string of the molecule is Cc1csc(Cn2c(N)n[nH]c2=S)n1. The molecule has 2 aromatic heterocycles. The lowest BCUT2D eigenvalue weighted by molar-refractivity contribution is 0.784. The second kappa shape index (κ2) is 3.50. The van der Waals surface area contributed by atoms with E-state index in [4.69, 9.17) is 18.0 Å². The second-order valence-corrected chi connectivity index (χ2v) is 4.19. The summed E-state index contributed by atoms with van der Waals surface area (Å²) in [4.78, 5) is 4.32. The van der Waals surface area contributed by atoms with E-state index in [0.717, 1.165) is 10.7 Å². The van der Waals surface area contributed by atoms with Gasteiger partial charge in [-0.15, -0.1) is 16.4 Å². The summed E-state index contributed by atoms with van der Waals surface area (Å²) in [6.45, 7) is 2.54. The van der Waals surface area contributed by atoms with Gasteiger partial charge in [0.2, 0.25) is 5.95 Å². The summed E-state index contributed by atoms with van der Waals surface area (Å²) in [6, 6.07) is 0. The molecule has 0 unspecified atom stereocenters. The van der Waals surface area contributed by atoms with Gasteiger partial charge in [-0.25, -0.2) is 10.1 Å². The number of nitrogens with zero attached hydrogens (tertiary/aromatic N) is 3. The number of thiazole rings is 1. The Hall–Kier alpha value is -1.21. The average molecular weight is 227 g/mol. The number of hydrogen-bond acceptors (Lipinski definition) is 5. The van der Waals surface area contributed by atoms with Crippen molar-refractivity contribution in [2.45, 2.75) is 13.5 Å². The average Bonchev–Trinajstić information content (AvgIpc) is 2.67. The fourth-order valence-electron chi connectivity index (χ4n) is 1.09. The Kier molecular flexibility index (Phi) is 2.34. The van der Waals surface area contributed by atoms with Crippen LogP contribution in [0.4, 0.5) is 5.95 Å². The Balaban J connectivity index is 2.31. The highest BCUT2D eigenvalue weighted by molar-refractivity contribution is 7.71. The summed E-state index contributed by atoms with van der Waals surface area (Å²) in [5.74, 6) is 0.392. The molecule has 0 aromatic carbocycles. The van der Waals surface area contributed by atoms with Crippen molar-refractivity contribution in [3.05, 3.63) is 20.9 Å². The molecule has 2 rings (SSSR count). The molecule has 0 aliphatic heterocycles. The number of rotatable bonds is 2. The minimum absolute atomic E-state index is 0.392. The van der Waals surface area contributed by atoms with Crippen LogP contribution in [0.5, 0.6) is 0 Å². The van der Waals surface area contributed by atoms with Crippen LogP contribution in [0.25, 0.3) is 0 Å². The third-order valence-electron chi connectivity index (χ3n) is 1.75. The maximum atomic E-state index is 5.63. The smallest absolute Gasteiger partial charge is 0.220 e. The van der Waals surface area contributed by atoms with Gasteiger partial charge in [0.25, 0.3) is 0 Å². The number of nitrogens with two attached hydrogens (primary N) is 1. The fourth-order valence-corrected chi connectivity index (χ4v) is 2.06. The highest BCUT2D eigenvalue weighted by atomic mass is 32.1. The predicted octanol–water partition coefficient (Wildman–Crippen LogP) is 1.34. The summed E-state index contributed by atoms with van der Waals surface area (Å²) < 4.78 is 2.24. The van der Waals surface area contributed by atoms with Crippen LogP contribution < -0.4 is 5.73 Å². The van der Waals surface area contributed by atoms with Crippen molar-refractivity contribution in [1.82, 2.24) is 19.7 Å². The summed E-state index contributed by atoms with van der Waals surface area (Å²) in [7, 11) is 0. The van der Waals surface area contributed by atoms with Crippen LogP contribution in [-0.4, -0.2) is 19.7 Å². The number of aryl methyl sites for hydroxylation is 1. The van der Waals surface area contributed by atoms with Gasteiger partial charge in [-0.05, 0) is 19.1 Å². The molecule has 0 saturated carbocycles. The van der Waals surface area contributed by atoms with Gasteiger partial charge < -0.3 is 5.73 Å². The molecule has 0 saturated heterocycles. The number of aromatic amines is 1. The first kappa shape index (κ1) is 9.35. The van der Waals surface area contributed by atoms with Crippen molar-refractivity contribution in [2.75, 3.05) is 5.73 Å². The molecular formula is C7H9N5S2. The first-order valence-electron chi connectivity index (χ1n) is 3.98. The zero-order valence-electron chi connectivity index (χ0n) is 7.52. The monoisotopic (exact) mass is 227 g/mol. The van der Waals surface area contributed by atoms with Crippen LogP contribution in [-0.2, 0) is 6.54 Å². The van der Waals surface area contributed by atoms with E-state index in [1.807, 2.05) is 12.3 Å². The third kappa shape index (κ3) is 1.68. The van der Waals surface area contributed by atoms with Gasteiger partial charge in [-0.3, -0.25) is 4.57 Å². The number of nitrogen functional groups attached to an aromatic ring is 1. The molecule has 3 N–H and O–H groups in total. The van der Waals surface area contributed by atoms with E-state index in [0.29, 0.717) is 17.3 Å². The Labute approximate surface area is 89.6 Å². The molecule has 14 heavy (non-hydrogen) atoms. The van der Waals surface area contributed by atoms with E-state index in [9.17, 15) is 0 Å². The summed E-state index contributed by atoms with van der Waals surface area (Å²) in [5, 5.41) is 9.42. The number of anilines is 1. The van der Waals surface area contributed by atoms with E-state index >= 15 is 0 Å². The molecule has 0 spiro atoms. The zero-order valence-corrected chi connectivity index (χ0v) is 9.15. The minimum atomic E-state index is 0.392. The molecule has 0 aliphatic carbocycles. The molecule has 2 heterocycles. The number of H-pyrrole nitrogens is 1. The largest absolute Gasteiger partial charge is 0.368 e. The molecule has 7 heteroatoms. The van der Waals surface area contributed by atoms with E-state index in [-0.39, 0.29) is 0 Å². The zero-order chi connectivity index (χ0) is 10.1. The molecule has 0 atom stereocenters. The van der Waals surface area contributed by atoms with Crippen molar-refractivity contribution >= 4 is 29.5 Å². The minimum Gasteiger partial charge on any atom is -0.368 e. The number of aromatic nitrogens is 4. The lowest BCUT2D eigenvalue weighted by atomic mass is 10.6. The van der Waals surface area contributed by atoms with Gasteiger partial charge in [0.15, 0.2) is 4.77 Å². The van der Waals surface area contributed by atoms with Crippen molar-refractivity contribution in [3.63, 3.8) is 0 Å². The molecule has 74 valence electrons. The lowest BCUT2D eigenvalue weighted by Gasteiger charge is -1.98. The molecule has 0 fully saturated rings. The van der Waals surface area contributed by atoms with Crippen LogP contribution in [0.1, 0.15) is 10.7 Å². The Morgan fingerprint density at radius 3 is 3.00 bits per heavy atom. The second-order valence-electron chi connectivity index (χ2n) is 2.86. The lowest BCUT2D eigenvalue weighted by Crippen LogP contribution is -2.04. The molecular weight excluding hydrogens is 218 g/mol. The van der Waals surface area contributed by atoms with Crippen LogP contribution in [0.15, 0.2) is 5.38 Å². The van der Waals surface area contributed by atoms with E-state index in [1.54, 1.807) is 15.9 Å². The van der Waals surface area contributed by atoms with Gasteiger partial charge in [-0.1, -0.05) is 0 Å². The summed E-state index contributed by atoms with van der Waals surface area (Å²) in [5.41, 5.74) is 6.64. The van der Waals surface area contributed by atoms with Crippen LogP contribution in [0.2, 0.25) is 0 Å². The van der Waals surface area contributed by atoms with Crippen LogP contribution in [0, 0.1) is 11.7 Å². The molecule has 2 aromatic rings. The Bertz CT molecular complexity index is 494. The highest BCUT2D eigenvalue weighted by Crippen LogP contribution is 2.12. The van der Waals surface area contributed by atoms with E-state index < -0.39 is 0 Å². The first-order chi connectivity index (χ1) is 6.66. The number of hydrogen-bond donors (Lipinski definition) is 2. The molecule has 0 aliphatic rings. The summed E-state index contributed by atoms with van der Waals surface area (Å²) >= 11 is 6.61. The van der Waals surface area contributed by atoms with Crippen molar-refractivity contribution in [1.29, 1.82) is 0 Å². The van der Waals surface area contributed by atoms with E-state index in [2.05, 4.69) is 15.2 Å². The Morgan fingerprint density at radius 1 is 1.71 bits per heavy atom. The van der Waals surface area contributed by atoms with Gasteiger partial charge in [0, 0.05) is 11.1 Å². The van der Waals surface area contributed by atoms with Gasteiger partial charge in [0.1, 0.15) is 5.01 Å². The fraction of sp³-hybridized carbons (Fsp3) is 0.286. The third-order valence-corrected chi connectivity index (χ3v) is 3.01. The molecule has 0 bridgehead atoms. The van der Waals surface area contributed by atoms with Gasteiger partial charge >= 0.3 is 0 Å². The Morgan fingerprint density at radius 2 is 2.50 bits per heavy atom. The quantitative estimate of drug-likeness (QED) is 0.759. The van der Waals surface area contributed by atoms with Crippen LogP contribution in [0.3, 0.4) is 0 Å². The standard InChI is InChI=1S/C7H9N5S2/c1-4-3-14-5(9-4)2-12-6(8)10-11-7(12)13/h3H,2H2,1H3,(H2,8,10)(H,11,13). The van der Waals surface area contributed by atoms with Crippen molar-refractivity contribution in [3.8, 4) is 0 Å². The molecule has 0 amide bonds. The van der Waals surface area contributed by atoms with Gasteiger partial charge in [-0.2, -0.15) is 0 Å². The molecule has 5 nitrogen and oxygen atoms in total. The maximum Gasteiger partial charge on any atom is 0.220 e. The maximum absolute atomic E-state index is 5.63. The van der Waals surface area contributed by atoms with Gasteiger partial charge in [0.05, 0.1) is 6.54 Å². The normalized spacial score (nSPS) is 10.6. The first-order valence-corrected chi connectivity index (χ1v) is 5.27. The topological polar surface area (TPSA) is 72.5 Å². The summed E-state index contributed by atoms with van der Waals surface area (Å²) in [6.07, 6.45) is 0. The predicted molar refractivity (Wildman–Crippen MR) is 57.8 cm³/mol. The van der Waals surface area contributed by atoms with E-state index in [1.165, 1.54) is 0 Å².